The molecule has 122 valence electrons. The van der Waals surface area contributed by atoms with Gasteiger partial charge in [0.1, 0.15) is 5.75 Å². The van der Waals surface area contributed by atoms with Crippen molar-refractivity contribution in [1.82, 2.24) is 9.62 Å². The van der Waals surface area contributed by atoms with Gasteiger partial charge in [-0.1, -0.05) is 0 Å². The highest BCUT2D eigenvalue weighted by atomic mass is 32.2. The third-order valence-corrected chi connectivity index (χ3v) is 5.50. The van der Waals surface area contributed by atoms with Gasteiger partial charge < -0.3 is 14.8 Å². The first-order valence-electron chi connectivity index (χ1n) is 6.84. The van der Waals surface area contributed by atoms with Gasteiger partial charge in [0, 0.05) is 13.6 Å². The smallest absolute Gasteiger partial charge is 0.253 e. The Morgan fingerprint density at radius 3 is 2.55 bits per heavy atom. The number of carbonyl (C=O) groups is 1. The standard InChI is InChI=1S/C14H20N2O5S/c1-14(13(17)15-2)10-16(8-9-21-14)22(18,19)12-6-4-11(20-3)5-7-12/h4-7H,8-10H2,1-3H3,(H,15,17)/t14-/m0/s1. The zero-order valence-corrected chi connectivity index (χ0v) is 13.6. The molecular weight excluding hydrogens is 308 g/mol. The highest BCUT2D eigenvalue weighted by molar-refractivity contribution is 7.89. The largest absolute Gasteiger partial charge is 0.497 e. The maximum atomic E-state index is 12.7. The van der Waals surface area contributed by atoms with E-state index in [1.165, 1.54) is 30.6 Å². The zero-order chi connectivity index (χ0) is 16.4. The van der Waals surface area contributed by atoms with Crippen molar-refractivity contribution < 1.29 is 22.7 Å². The summed E-state index contributed by atoms with van der Waals surface area (Å²) in [7, 11) is -0.674. The molecule has 1 saturated heterocycles. The third-order valence-electron chi connectivity index (χ3n) is 3.64. The van der Waals surface area contributed by atoms with Crippen LogP contribution in [0.15, 0.2) is 29.2 Å². The minimum absolute atomic E-state index is 0.0268. The summed E-state index contributed by atoms with van der Waals surface area (Å²) < 4.78 is 37.1. The van der Waals surface area contributed by atoms with Crippen LogP contribution in [0.25, 0.3) is 0 Å². The van der Waals surface area contributed by atoms with Crippen LogP contribution in [0.2, 0.25) is 0 Å². The summed E-state index contributed by atoms with van der Waals surface area (Å²) >= 11 is 0. The molecule has 1 aromatic carbocycles. The molecular formula is C14H20N2O5S. The minimum Gasteiger partial charge on any atom is -0.497 e. The molecule has 1 aliphatic rings. The van der Waals surface area contributed by atoms with E-state index < -0.39 is 15.6 Å². The molecule has 8 heteroatoms. The van der Waals surface area contributed by atoms with Crippen molar-refractivity contribution in [1.29, 1.82) is 0 Å². The predicted molar refractivity (Wildman–Crippen MR) is 80.2 cm³/mol. The molecule has 1 aromatic rings. The molecule has 0 saturated carbocycles. The SMILES string of the molecule is CNC(=O)[C@]1(C)CN(S(=O)(=O)c2ccc(OC)cc2)CCO1. The Morgan fingerprint density at radius 2 is 2.00 bits per heavy atom. The number of benzene rings is 1. The van der Waals surface area contributed by atoms with E-state index in [0.717, 1.165) is 0 Å². The molecule has 1 amide bonds. The number of carbonyl (C=O) groups excluding carboxylic acids is 1. The number of rotatable bonds is 4. The van der Waals surface area contributed by atoms with E-state index in [-0.39, 0.29) is 30.5 Å². The van der Waals surface area contributed by atoms with E-state index >= 15 is 0 Å². The molecule has 2 rings (SSSR count). The third kappa shape index (κ3) is 3.08. The number of nitrogens with zero attached hydrogens (tertiary/aromatic N) is 1. The van der Waals surface area contributed by atoms with Gasteiger partial charge in [0.2, 0.25) is 10.0 Å². The maximum Gasteiger partial charge on any atom is 0.253 e. The van der Waals surface area contributed by atoms with Crippen LogP contribution in [0.3, 0.4) is 0 Å². The first-order valence-corrected chi connectivity index (χ1v) is 8.28. The maximum absolute atomic E-state index is 12.7. The van der Waals surface area contributed by atoms with Crippen LogP contribution < -0.4 is 10.1 Å². The molecule has 0 radical (unpaired) electrons. The topological polar surface area (TPSA) is 84.9 Å². The van der Waals surface area contributed by atoms with Gasteiger partial charge in [0.25, 0.3) is 5.91 Å². The molecule has 0 bridgehead atoms. The molecule has 1 atom stereocenters. The van der Waals surface area contributed by atoms with Gasteiger partial charge in [-0.05, 0) is 31.2 Å². The van der Waals surface area contributed by atoms with Crippen LogP contribution >= 0.6 is 0 Å². The Kier molecular flexibility index (Phi) is 4.74. The van der Waals surface area contributed by atoms with Crippen molar-refractivity contribution >= 4 is 15.9 Å². The Bertz CT molecular complexity index is 644. The lowest BCUT2D eigenvalue weighted by atomic mass is 10.0. The number of methoxy groups -OCH3 is 1. The Hall–Kier alpha value is -1.64. The fourth-order valence-corrected chi connectivity index (χ4v) is 3.85. The molecule has 1 N–H and O–H groups in total. The van der Waals surface area contributed by atoms with E-state index in [1.54, 1.807) is 19.1 Å². The summed E-state index contributed by atoms with van der Waals surface area (Å²) in [5, 5.41) is 2.50. The van der Waals surface area contributed by atoms with Gasteiger partial charge >= 0.3 is 0 Å². The highest BCUT2D eigenvalue weighted by Crippen LogP contribution is 2.25. The van der Waals surface area contributed by atoms with Crippen molar-refractivity contribution in [2.75, 3.05) is 33.9 Å². The average molecular weight is 328 g/mol. The summed E-state index contributed by atoms with van der Waals surface area (Å²) in [5.74, 6) is 0.234. The summed E-state index contributed by atoms with van der Waals surface area (Å²) in [6, 6.07) is 6.15. The van der Waals surface area contributed by atoms with Crippen molar-refractivity contribution in [2.24, 2.45) is 0 Å². The van der Waals surface area contributed by atoms with E-state index in [9.17, 15) is 13.2 Å². The fourth-order valence-electron chi connectivity index (χ4n) is 2.34. The normalized spacial score (nSPS) is 23.0. The van der Waals surface area contributed by atoms with Crippen molar-refractivity contribution in [3.63, 3.8) is 0 Å². The second-order valence-electron chi connectivity index (χ2n) is 5.17. The number of likely N-dealkylation sites (N-methyl/N-ethyl adjacent to an activating group) is 1. The average Bonchev–Trinajstić information content (AvgIpc) is 2.54. The first-order chi connectivity index (χ1) is 10.3. The summed E-state index contributed by atoms with van der Waals surface area (Å²) in [6.45, 7) is 1.93. The van der Waals surface area contributed by atoms with Crippen LogP contribution in [0.5, 0.6) is 5.75 Å². The van der Waals surface area contributed by atoms with Gasteiger partial charge in [-0.25, -0.2) is 8.42 Å². The molecule has 1 heterocycles. The molecule has 1 fully saturated rings. The van der Waals surface area contributed by atoms with Gasteiger partial charge in [-0.3, -0.25) is 4.79 Å². The molecule has 0 aliphatic carbocycles. The lowest BCUT2D eigenvalue weighted by Gasteiger charge is -2.38. The van der Waals surface area contributed by atoms with Gasteiger partial charge in [0.15, 0.2) is 5.60 Å². The molecule has 1 aliphatic heterocycles. The van der Waals surface area contributed by atoms with Crippen molar-refractivity contribution in [2.45, 2.75) is 17.4 Å². The Morgan fingerprint density at radius 1 is 1.36 bits per heavy atom. The molecule has 7 nitrogen and oxygen atoms in total. The molecule has 0 spiro atoms. The first kappa shape index (κ1) is 16.7. The van der Waals surface area contributed by atoms with Crippen molar-refractivity contribution in [3.05, 3.63) is 24.3 Å². The second kappa shape index (κ2) is 6.23. The van der Waals surface area contributed by atoms with Crippen LogP contribution in [0, 0.1) is 0 Å². The van der Waals surface area contributed by atoms with Gasteiger partial charge in [-0.15, -0.1) is 0 Å². The monoisotopic (exact) mass is 328 g/mol. The lowest BCUT2D eigenvalue weighted by Crippen LogP contribution is -2.58. The van der Waals surface area contributed by atoms with E-state index in [2.05, 4.69) is 5.32 Å². The number of ether oxygens (including phenoxy) is 2. The van der Waals surface area contributed by atoms with Crippen molar-refractivity contribution in [3.8, 4) is 5.75 Å². The molecule has 22 heavy (non-hydrogen) atoms. The summed E-state index contributed by atoms with van der Waals surface area (Å²) in [6.07, 6.45) is 0. The number of hydrogen-bond donors (Lipinski definition) is 1. The highest BCUT2D eigenvalue weighted by Gasteiger charge is 2.42. The fraction of sp³-hybridized carbons (Fsp3) is 0.500. The van der Waals surface area contributed by atoms with Crippen LogP contribution in [0.4, 0.5) is 0 Å². The minimum atomic E-state index is -3.68. The van der Waals surface area contributed by atoms with E-state index in [0.29, 0.717) is 5.75 Å². The number of morpholine rings is 1. The lowest BCUT2D eigenvalue weighted by molar-refractivity contribution is -0.151. The number of sulfonamides is 1. The number of hydrogen-bond acceptors (Lipinski definition) is 5. The Labute approximate surface area is 130 Å². The summed E-state index contributed by atoms with van der Waals surface area (Å²) in [5.41, 5.74) is -1.19. The van der Waals surface area contributed by atoms with E-state index in [4.69, 9.17) is 9.47 Å². The van der Waals surface area contributed by atoms with Crippen LogP contribution in [0.1, 0.15) is 6.92 Å². The zero-order valence-electron chi connectivity index (χ0n) is 12.8. The number of nitrogens with one attached hydrogen (secondary N) is 1. The van der Waals surface area contributed by atoms with Gasteiger partial charge in [0.05, 0.1) is 25.2 Å². The second-order valence-corrected chi connectivity index (χ2v) is 7.11. The summed E-state index contributed by atoms with van der Waals surface area (Å²) in [4.78, 5) is 12.1. The predicted octanol–water partition coefficient (Wildman–Crippen LogP) is 0.221. The van der Waals surface area contributed by atoms with Gasteiger partial charge in [-0.2, -0.15) is 4.31 Å². The Balaban J connectivity index is 2.26. The quantitative estimate of drug-likeness (QED) is 0.855. The molecule has 0 aromatic heterocycles. The number of amides is 1. The van der Waals surface area contributed by atoms with Crippen LogP contribution in [-0.4, -0.2) is 58.1 Å². The van der Waals surface area contributed by atoms with Crippen LogP contribution in [-0.2, 0) is 19.6 Å². The van der Waals surface area contributed by atoms with E-state index in [1.807, 2.05) is 0 Å². The molecule has 0 unspecified atom stereocenters.